The lowest BCUT2D eigenvalue weighted by atomic mass is 9.95. The SMILES string of the molecule is C#Cc1cccc2cc(O)cc(-c3ncc4c(N5CCC(N)C5)nc(OC[C@@]56CCCN5C[C@H](F)C6)nc4c3F)c12. The molecule has 3 atom stereocenters. The number of aromatic nitrogens is 3. The van der Waals surface area contributed by atoms with Crippen LogP contribution in [0.1, 0.15) is 31.2 Å². The van der Waals surface area contributed by atoms with Crippen molar-refractivity contribution in [1.82, 2.24) is 19.9 Å². The Morgan fingerprint density at radius 3 is 2.90 bits per heavy atom. The molecular weight excluding hydrogens is 526 g/mol. The van der Waals surface area contributed by atoms with Crippen LogP contribution in [0.15, 0.2) is 36.5 Å². The summed E-state index contributed by atoms with van der Waals surface area (Å²) in [4.78, 5) is 17.9. The molecule has 0 spiro atoms. The predicted molar refractivity (Wildman–Crippen MR) is 153 cm³/mol. The third-order valence-corrected chi connectivity index (χ3v) is 8.77. The van der Waals surface area contributed by atoms with Gasteiger partial charge in [0.15, 0.2) is 5.82 Å². The fraction of sp³-hybridized carbons (Fsp3) is 0.387. The zero-order chi connectivity index (χ0) is 28.3. The highest BCUT2D eigenvalue weighted by Crippen LogP contribution is 2.41. The Labute approximate surface area is 236 Å². The fourth-order valence-corrected chi connectivity index (χ4v) is 6.86. The molecule has 0 aliphatic carbocycles. The maximum Gasteiger partial charge on any atom is 0.319 e. The number of halogens is 2. The molecule has 3 aliphatic rings. The largest absolute Gasteiger partial charge is 0.508 e. The van der Waals surface area contributed by atoms with Gasteiger partial charge < -0.3 is 20.5 Å². The molecule has 0 radical (unpaired) electrons. The van der Waals surface area contributed by atoms with Crippen LogP contribution in [-0.4, -0.2) is 75.5 Å². The van der Waals surface area contributed by atoms with E-state index >= 15 is 4.39 Å². The Morgan fingerprint density at radius 1 is 1.22 bits per heavy atom. The molecule has 3 saturated heterocycles. The number of benzene rings is 2. The average Bonchev–Trinajstić information content (AvgIpc) is 3.64. The molecule has 5 heterocycles. The molecule has 2 aromatic heterocycles. The molecule has 1 unspecified atom stereocenters. The van der Waals surface area contributed by atoms with E-state index in [-0.39, 0.29) is 35.6 Å². The third kappa shape index (κ3) is 4.31. The monoisotopic (exact) mass is 556 g/mol. The molecule has 210 valence electrons. The van der Waals surface area contributed by atoms with E-state index in [1.165, 1.54) is 6.07 Å². The van der Waals surface area contributed by atoms with Crippen molar-refractivity contribution in [3.63, 3.8) is 0 Å². The van der Waals surface area contributed by atoms with Crippen molar-refractivity contribution < 1.29 is 18.6 Å². The second-order valence-corrected chi connectivity index (χ2v) is 11.4. The number of hydrogen-bond donors (Lipinski definition) is 2. The maximum absolute atomic E-state index is 16.5. The van der Waals surface area contributed by atoms with Crippen molar-refractivity contribution >= 4 is 27.5 Å². The van der Waals surface area contributed by atoms with Crippen molar-refractivity contribution in [2.24, 2.45) is 5.73 Å². The van der Waals surface area contributed by atoms with Gasteiger partial charge in [-0.1, -0.05) is 18.1 Å². The van der Waals surface area contributed by atoms with E-state index in [2.05, 4.69) is 20.8 Å². The molecule has 0 saturated carbocycles. The van der Waals surface area contributed by atoms with Crippen LogP contribution in [0, 0.1) is 18.2 Å². The van der Waals surface area contributed by atoms with Gasteiger partial charge in [-0.2, -0.15) is 9.97 Å². The third-order valence-electron chi connectivity index (χ3n) is 8.77. The molecular formula is C31H30F2N6O2. The number of phenols is 1. The first kappa shape index (κ1) is 25.9. The highest BCUT2D eigenvalue weighted by Gasteiger charge is 2.49. The second-order valence-electron chi connectivity index (χ2n) is 11.4. The normalized spacial score (nSPS) is 24.3. The summed E-state index contributed by atoms with van der Waals surface area (Å²) in [7, 11) is 0. The summed E-state index contributed by atoms with van der Waals surface area (Å²) in [6.07, 6.45) is 9.42. The van der Waals surface area contributed by atoms with Crippen LogP contribution >= 0.6 is 0 Å². The minimum absolute atomic E-state index is 0.00597. The minimum Gasteiger partial charge on any atom is -0.508 e. The molecule has 8 nitrogen and oxygen atoms in total. The Hall–Kier alpha value is -4.07. The van der Waals surface area contributed by atoms with Gasteiger partial charge in [-0.15, -0.1) is 6.42 Å². The predicted octanol–water partition coefficient (Wildman–Crippen LogP) is 4.16. The summed E-state index contributed by atoms with van der Waals surface area (Å²) in [5.74, 6) is 2.44. The number of fused-ring (bicyclic) bond motifs is 3. The van der Waals surface area contributed by atoms with Crippen molar-refractivity contribution in [2.45, 2.75) is 43.4 Å². The Bertz CT molecular complexity index is 1730. The van der Waals surface area contributed by atoms with Gasteiger partial charge in [0, 0.05) is 54.8 Å². The standard InChI is InChI=1S/C31H30F2N6O2/c1-2-18-5-3-6-19-11-22(40)12-23(25(18)19)27-26(33)28-24(14-35-27)29(38-10-7-21(34)16-38)37-30(36-28)41-17-31-8-4-9-39(31)15-20(32)13-31/h1,3,5-6,11-12,14,20-21,40H,4,7-10,13,15-17,34H2/t20-,21?,31+/m1/s1. The van der Waals surface area contributed by atoms with E-state index in [0.717, 1.165) is 25.8 Å². The number of rotatable bonds is 5. The average molecular weight is 557 g/mol. The highest BCUT2D eigenvalue weighted by atomic mass is 19.1. The lowest BCUT2D eigenvalue weighted by Gasteiger charge is -2.31. The Morgan fingerprint density at radius 2 is 2.10 bits per heavy atom. The first-order chi connectivity index (χ1) is 19.8. The molecule has 4 aromatic rings. The van der Waals surface area contributed by atoms with Gasteiger partial charge in [-0.3, -0.25) is 9.88 Å². The van der Waals surface area contributed by atoms with Crippen molar-refractivity contribution in [2.75, 3.05) is 37.7 Å². The van der Waals surface area contributed by atoms with Gasteiger partial charge in [0.05, 0.1) is 10.9 Å². The van der Waals surface area contributed by atoms with Crippen LogP contribution in [-0.2, 0) is 0 Å². The maximum atomic E-state index is 16.5. The van der Waals surface area contributed by atoms with Gasteiger partial charge in [0.2, 0.25) is 0 Å². The number of pyridine rings is 1. The van der Waals surface area contributed by atoms with Crippen LogP contribution in [0.25, 0.3) is 32.9 Å². The molecule has 0 bridgehead atoms. The van der Waals surface area contributed by atoms with Crippen LogP contribution < -0.4 is 15.4 Å². The topological polar surface area (TPSA) is 101 Å². The first-order valence-corrected chi connectivity index (χ1v) is 14.0. The molecule has 3 fully saturated rings. The summed E-state index contributed by atoms with van der Waals surface area (Å²) < 4.78 is 37.0. The fourth-order valence-electron chi connectivity index (χ4n) is 6.86. The smallest absolute Gasteiger partial charge is 0.319 e. The van der Waals surface area contributed by atoms with Crippen LogP contribution in [0.5, 0.6) is 11.8 Å². The number of nitrogens with zero attached hydrogens (tertiary/aromatic N) is 5. The van der Waals surface area contributed by atoms with Gasteiger partial charge in [0.1, 0.15) is 35.6 Å². The lowest BCUT2D eigenvalue weighted by molar-refractivity contribution is 0.107. The number of ether oxygens (including phenoxy) is 1. The molecule has 10 heteroatoms. The van der Waals surface area contributed by atoms with Gasteiger partial charge in [-0.05, 0) is 49.4 Å². The summed E-state index contributed by atoms with van der Waals surface area (Å²) in [5.41, 5.74) is 6.76. The van der Waals surface area contributed by atoms with E-state index in [0.29, 0.717) is 59.2 Å². The summed E-state index contributed by atoms with van der Waals surface area (Å²) >= 11 is 0. The number of nitrogens with two attached hydrogens (primary N) is 1. The van der Waals surface area contributed by atoms with Crippen LogP contribution in [0.2, 0.25) is 0 Å². The van der Waals surface area contributed by atoms with Crippen LogP contribution in [0.3, 0.4) is 0 Å². The molecule has 2 aromatic carbocycles. The second kappa shape index (κ2) is 9.79. The molecule has 0 amide bonds. The number of terminal acetylenes is 1. The quantitative estimate of drug-likeness (QED) is 0.354. The minimum atomic E-state index is -0.894. The molecule has 3 N–H and O–H groups in total. The van der Waals surface area contributed by atoms with Gasteiger partial charge in [0.25, 0.3) is 0 Å². The van der Waals surface area contributed by atoms with E-state index in [9.17, 15) is 9.50 Å². The zero-order valence-corrected chi connectivity index (χ0v) is 22.5. The Kier molecular flexibility index (Phi) is 6.17. The first-order valence-electron chi connectivity index (χ1n) is 14.0. The number of alkyl halides is 1. The van der Waals surface area contributed by atoms with Gasteiger partial charge in [-0.25, -0.2) is 8.78 Å². The number of phenolic OH excluding ortho intramolecular Hbond substituents is 1. The summed E-state index contributed by atoms with van der Waals surface area (Å²) in [6.45, 7) is 2.67. The van der Waals surface area contributed by atoms with Crippen molar-refractivity contribution in [1.29, 1.82) is 0 Å². The molecule has 3 aliphatic heterocycles. The Balaban J connectivity index is 1.37. The molecule has 7 rings (SSSR count). The van der Waals surface area contributed by atoms with E-state index in [4.69, 9.17) is 21.9 Å². The van der Waals surface area contributed by atoms with E-state index in [1.807, 2.05) is 4.90 Å². The van der Waals surface area contributed by atoms with Crippen molar-refractivity contribution in [3.05, 3.63) is 47.9 Å². The lowest BCUT2D eigenvalue weighted by Crippen LogP contribution is -2.43. The number of aromatic hydroxyl groups is 1. The van der Waals surface area contributed by atoms with Gasteiger partial charge >= 0.3 is 6.01 Å². The summed E-state index contributed by atoms with van der Waals surface area (Å²) in [5, 5.41) is 12.2. The zero-order valence-electron chi connectivity index (χ0n) is 22.5. The van der Waals surface area contributed by atoms with Crippen LogP contribution in [0.4, 0.5) is 14.6 Å². The number of hydrogen-bond acceptors (Lipinski definition) is 8. The van der Waals surface area contributed by atoms with Crippen molar-refractivity contribution in [3.8, 4) is 35.4 Å². The highest BCUT2D eigenvalue weighted by molar-refractivity contribution is 6.02. The number of anilines is 1. The molecule has 41 heavy (non-hydrogen) atoms. The van der Waals surface area contributed by atoms with E-state index in [1.54, 1.807) is 30.5 Å². The summed E-state index contributed by atoms with van der Waals surface area (Å²) in [6, 6.07) is 8.39. The van der Waals surface area contributed by atoms with E-state index < -0.39 is 17.5 Å².